The average Bonchev–Trinajstić information content (AvgIpc) is 1.89. The summed E-state index contributed by atoms with van der Waals surface area (Å²) in [6.45, 7) is 0. The van der Waals surface area contributed by atoms with E-state index in [0.29, 0.717) is 6.26 Å². The molecule has 0 amide bonds. The number of hydrogen-bond acceptors (Lipinski definition) is 4. The van der Waals surface area contributed by atoms with Gasteiger partial charge in [0.05, 0.1) is 0 Å². The maximum Gasteiger partial charge on any atom is 0.362 e. The standard InChI is InChI=1S/C4H4F2O4/c5-1-2-9-10-4(6)3-8-7/h1-3,7H. The second-order valence-corrected chi connectivity index (χ2v) is 0.969. The molecule has 0 aromatic heterocycles. The first-order chi connectivity index (χ1) is 4.81. The van der Waals surface area contributed by atoms with E-state index in [-0.39, 0.29) is 12.6 Å². The van der Waals surface area contributed by atoms with E-state index >= 15 is 0 Å². The van der Waals surface area contributed by atoms with Crippen LogP contribution in [0, 0.1) is 0 Å². The summed E-state index contributed by atoms with van der Waals surface area (Å²) >= 11 is 0. The maximum atomic E-state index is 11.8. The quantitative estimate of drug-likeness (QED) is 0.379. The predicted molar refractivity (Wildman–Crippen MR) is 25.3 cm³/mol. The van der Waals surface area contributed by atoms with Crippen molar-refractivity contribution in [2.45, 2.75) is 0 Å². The zero-order valence-electron chi connectivity index (χ0n) is 4.66. The molecular formula is C4H4F2O4. The Morgan fingerprint density at radius 1 is 1.50 bits per heavy atom. The Kier molecular flexibility index (Phi) is 5.07. The summed E-state index contributed by atoms with van der Waals surface area (Å²) in [4.78, 5) is 10.5. The highest BCUT2D eigenvalue weighted by molar-refractivity contribution is 4.69. The fourth-order valence-corrected chi connectivity index (χ4v) is 0.156. The molecule has 10 heavy (non-hydrogen) atoms. The second kappa shape index (κ2) is 5.83. The molecule has 1 N–H and O–H groups in total. The van der Waals surface area contributed by atoms with Gasteiger partial charge in [-0.2, -0.15) is 4.39 Å². The van der Waals surface area contributed by atoms with Crippen LogP contribution < -0.4 is 0 Å². The minimum Gasteiger partial charge on any atom is -0.341 e. The third-order valence-corrected chi connectivity index (χ3v) is 0.380. The summed E-state index contributed by atoms with van der Waals surface area (Å²) < 4.78 is 22.8. The van der Waals surface area contributed by atoms with E-state index in [0.717, 1.165) is 0 Å². The number of halogens is 2. The lowest BCUT2D eigenvalue weighted by Crippen LogP contribution is -1.84. The van der Waals surface area contributed by atoms with Crippen LogP contribution in [0.1, 0.15) is 0 Å². The summed E-state index contributed by atoms with van der Waals surface area (Å²) in [6, 6.07) is -1.35. The molecule has 0 aliphatic heterocycles. The molecule has 58 valence electrons. The fourth-order valence-electron chi connectivity index (χ4n) is 0.156. The van der Waals surface area contributed by atoms with Crippen molar-refractivity contribution >= 4 is 0 Å². The summed E-state index contributed by atoms with van der Waals surface area (Å²) in [5, 5.41) is 7.55. The number of rotatable bonds is 4. The van der Waals surface area contributed by atoms with Crippen LogP contribution >= 0.6 is 0 Å². The molecule has 6 heteroatoms. The van der Waals surface area contributed by atoms with Crippen LogP contribution in [0.5, 0.6) is 0 Å². The molecule has 0 unspecified atom stereocenters. The van der Waals surface area contributed by atoms with Gasteiger partial charge in [0.15, 0.2) is 6.26 Å². The first-order valence-electron chi connectivity index (χ1n) is 2.05. The van der Waals surface area contributed by atoms with Crippen molar-refractivity contribution in [1.82, 2.24) is 0 Å². The van der Waals surface area contributed by atoms with Crippen LogP contribution in [0.2, 0.25) is 0 Å². The summed E-state index contributed by atoms with van der Waals surface area (Å²) in [7, 11) is 0. The molecule has 0 fully saturated rings. The van der Waals surface area contributed by atoms with Crippen molar-refractivity contribution < 1.29 is 28.7 Å². The van der Waals surface area contributed by atoms with E-state index < -0.39 is 6.01 Å². The van der Waals surface area contributed by atoms with Crippen molar-refractivity contribution in [3.05, 3.63) is 24.9 Å². The molecule has 0 saturated carbocycles. The number of hydrogen-bond donors (Lipinski definition) is 1. The molecule has 0 radical (unpaired) electrons. The van der Waals surface area contributed by atoms with Gasteiger partial charge in [-0.05, 0) is 0 Å². The molecule has 0 aromatic carbocycles. The average molecular weight is 154 g/mol. The highest BCUT2D eigenvalue weighted by atomic mass is 19.1. The minimum atomic E-state index is -1.35. The molecule has 0 aromatic rings. The van der Waals surface area contributed by atoms with Crippen LogP contribution in [0.4, 0.5) is 8.78 Å². The van der Waals surface area contributed by atoms with Gasteiger partial charge in [0.2, 0.25) is 6.26 Å². The second-order valence-electron chi connectivity index (χ2n) is 0.969. The normalized spacial score (nSPS) is 11.7. The van der Waals surface area contributed by atoms with E-state index in [4.69, 9.17) is 5.26 Å². The molecular weight excluding hydrogens is 150 g/mol. The molecule has 0 aliphatic carbocycles. The van der Waals surface area contributed by atoms with Gasteiger partial charge in [-0.15, -0.1) is 0 Å². The Hall–Kier alpha value is -1.30. The zero-order valence-corrected chi connectivity index (χ0v) is 4.66. The Labute approximate surface area is 54.8 Å². The molecule has 4 nitrogen and oxygen atoms in total. The van der Waals surface area contributed by atoms with Gasteiger partial charge in [0.1, 0.15) is 6.33 Å². The maximum absolute atomic E-state index is 11.8. The van der Waals surface area contributed by atoms with E-state index in [9.17, 15) is 8.78 Å². The topological polar surface area (TPSA) is 47.9 Å². The molecule has 0 aliphatic rings. The SMILES string of the molecule is OOC=C(F)OOC=CF. The van der Waals surface area contributed by atoms with Crippen LogP contribution in [-0.4, -0.2) is 5.26 Å². The third kappa shape index (κ3) is 4.85. The smallest absolute Gasteiger partial charge is 0.341 e. The van der Waals surface area contributed by atoms with Crippen LogP contribution in [0.3, 0.4) is 0 Å². The highest BCUT2D eigenvalue weighted by Crippen LogP contribution is 1.99. The lowest BCUT2D eigenvalue weighted by molar-refractivity contribution is -0.246. The van der Waals surface area contributed by atoms with E-state index in [2.05, 4.69) is 14.7 Å². The van der Waals surface area contributed by atoms with Gasteiger partial charge < -0.3 is 4.89 Å². The summed E-state index contributed by atoms with van der Waals surface area (Å²) in [5.41, 5.74) is 0. The van der Waals surface area contributed by atoms with Gasteiger partial charge in [0, 0.05) is 0 Å². The van der Waals surface area contributed by atoms with Crippen LogP contribution in [0.15, 0.2) is 24.9 Å². The van der Waals surface area contributed by atoms with E-state index in [1.165, 1.54) is 0 Å². The first-order valence-corrected chi connectivity index (χ1v) is 2.05. The molecule has 0 spiro atoms. The van der Waals surface area contributed by atoms with E-state index in [1.807, 2.05) is 0 Å². The lowest BCUT2D eigenvalue weighted by atomic mass is 11.0. The Balaban J connectivity index is 3.38. The monoisotopic (exact) mass is 154 g/mol. The van der Waals surface area contributed by atoms with Crippen LogP contribution in [0.25, 0.3) is 0 Å². The zero-order chi connectivity index (χ0) is 7.82. The van der Waals surface area contributed by atoms with Crippen molar-refractivity contribution in [3.8, 4) is 0 Å². The lowest BCUT2D eigenvalue weighted by Gasteiger charge is -1.94. The molecule has 0 atom stereocenters. The van der Waals surface area contributed by atoms with Crippen molar-refractivity contribution in [2.75, 3.05) is 0 Å². The molecule has 0 rings (SSSR count). The predicted octanol–water partition coefficient (Wildman–Crippen LogP) is 1.63. The van der Waals surface area contributed by atoms with Crippen molar-refractivity contribution in [1.29, 1.82) is 0 Å². The molecule has 0 heterocycles. The molecule has 0 saturated heterocycles. The highest BCUT2D eigenvalue weighted by Gasteiger charge is 1.93. The first kappa shape index (κ1) is 8.70. The van der Waals surface area contributed by atoms with Gasteiger partial charge >= 0.3 is 6.01 Å². The van der Waals surface area contributed by atoms with Gasteiger partial charge in [-0.1, -0.05) is 0 Å². The fraction of sp³-hybridized carbons (Fsp3) is 0. The van der Waals surface area contributed by atoms with Gasteiger partial charge in [-0.3, -0.25) is 9.78 Å². The van der Waals surface area contributed by atoms with Gasteiger partial charge in [-0.25, -0.2) is 9.65 Å². The van der Waals surface area contributed by atoms with E-state index in [1.54, 1.807) is 0 Å². The van der Waals surface area contributed by atoms with Gasteiger partial charge in [0.25, 0.3) is 0 Å². The summed E-state index contributed by atoms with van der Waals surface area (Å²) in [6.07, 6.45) is 0.657. The van der Waals surface area contributed by atoms with Crippen molar-refractivity contribution in [3.63, 3.8) is 0 Å². The molecule has 0 bridgehead atoms. The third-order valence-electron chi connectivity index (χ3n) is 0.380. The van der Waals surface area contributed by atoms with Crippen molar-refractivity contribution in [2.24, 2.45) is 0 Å². The minimum absolute atomic E-state index is 0.00686. The van der Waals surface area contributed by atoms with Crippen LogP contribution in [-0.2, 0) is 14.7 Å². The largest absolute Gasteiger partial charge is 0.362 e. The summed E-state index contributed by atoms with van der Waals surface area (Å²) in [5.74, 6) is 0. The Bertz CT molecular complexity index is 133. The Morgan fingerprint density at radius 3 is 2.70 bits per heavy atom. The Morgan fingerprint density at radius 2 is 2.20 bits per heavy atom.